The van der Waals surface area contributed by atoms with Crippen molar-refractivity contribution in [1.29, 1.82) is 0 Å². The third-order valence-corrected chi connectivity index (χ3v) is 3.52. The number of benzene rings is 1. The fraction of sp³-hybridized carbons (Fsp3) is 0.467. The number of Topliss-reactive ketones (excluding diaryl/α,β-unsaturated/α-hetero) is 1. The minimum absolute atomic E-state index is 0.125. The predicted octanol–water partition coefficient (Wildman–Crippen LogP) is 2.79. The summed E-state index contributed by atoms with van der Waals surface area (Å²) in [5.74, 6) is -0.110. The average molecular weight is 246 g/mol. The van der Waals surface area contributed by atoms with Crippen molar-refractivity contribution in [2.75, 3.05) is 6.61 Å². The Hall–Kier alpha value is -1.64. The smallest absolute Gasteiger partial charge is 0.306 e. The van der Waals surface area contributed by atoms with Crippen molar-refractivity contribution in [2.24, 2.45) is 0 Å². The van der Waals surface area contributed by atoms with Crippen molar-refractivity contribution in [3.63, 3.8) is 0 Å². The number of ketones is 1. The third-order valence-electron chi connectivity index (χ3n) is 3.52. The highest BCUT2D eigenvalue weighted by molar-refractivity contribution is 6.02. The van der Waals surface area contributed by atoms with Crippen LogP contribution in [0.4, 0.5) is 0 Å². The van der Waals surface area contributed by atoms with Crippen molar-refractivity contribution in [1.82, 2.24) is 0 Å². The highest BCUT2D eigenvalue weighted by Crippen LogP contribution is 2.41. The van der Waals surface area contributed by atoms with Gasteiger partial charge >= 0.3 is 5.97 Å². The van der Waals surface area contributed by atoms with Gasteiger partial charge in [-0.15, -0.1) is 0 Å². The maximum absolute atomic E-state index is 12.0. The molecule has 0 saturated carbocycles. The van der Waals surface area contributed by atoms with Crippen molar-refractivity contribution in [2.45, 2.75) is 39.0 Å². The second kappa shape index (κ2) is 4.56. The van der Waals surface area contributed by atoms with E-state index in [1.54, 1.807) is 6.92 Å². The number of ether oxygens (including phenoxy) is 1. The van der Waals surface area contributed by atoms with Crippen molar-refractivity contribution in [3.8, 4) is 0 Å². The summed E-state index contributed by atoms with van der Waals surface area (Å²) >= 11 is 0. The van der Waals surface area contributed by atoms with E-state index in [9.17, 15) is 9.59 Å². The molecule has 1 aliphatic rings. The SMILES string of the molecule is CCOC(=O)C[C@@]1(C)CC(=O)c2cc(C)ccc21. The molecule has 1 aliphatic carbocycles. The number of hydrogen-bond acceptors (Lipinski definition) is 3. The molecule has 0 saturated heterocycles. The first kappa shape index (κ1) is 12.8. The Kier molecular flexibility index (Phi) is 3.24. The van der Waals surface area contributed by atoms with E-state index in [2.05, 4.69) is 0 Å². The number of esters is 1. The first-order valence-electron chi connectivity index (χ1n) is 6.26. The second-order valence-corrected chi connectivity index (χ2v) is 5.19. The van der Waals surface area contributed by atoms with E-state index in [1.807, 2.05) is 32.0 Å². The van der Waals surface area contributed by atoms with Gasteiger partial charge in [0.2, 0.25) is 0 Å². The summed E-state index contributed by atoms with van der Waals surface area (Å²) in [5.41, 5.74) is 2.40. The number of carbonyl (C=O) groups is 2. The summed E-state index contributed by atoms with van der Waals surface area (Å²) in [4.78, 5) is 23.7. The van der Waals surface area contributed by atoms with Gasteiger partial charge in [0.25, 0.3) is 0 Å². The molecule has 0 amide bonds. The van der Waals surface area contributed by atoms with Gasteiger partial charge in [0.15, 0.2) is 5.78 Å². The van der Waals surface area contributed by atoms with E-state index in [0.29, 0.717) is 13.0 Å². The topological polar surface area (TPSA) is 43.4 Å². The molecule has 0 fully saturated rings. The molecule has 0 N–H and O–H groups in total. The first-order chi connectivity index (χ1) is 8.46. The molecule has 0 bridgehead atoms. The van der Waals surface area contributed by atoms with Gasteiger partial charge in [0.05, 0.1) is 13.0 Å². The van der Waals surface area contributed by atoms with Crippen molar-refractivity contribution >= 4 is 11.8 Å². The van der Waals surface area contributed by atoms with E-state index < -0.39 is 5.41 Å². The summed E-state index contributed by atoms with van der Waals surface area (Å²) in [6, 6.07) is 5.86. The first-order valence-corrected chi connectivity index (χ1v) is 6.26. The number of hydrogen-bond donors (Lipinski definition) is 0. The molecule has 1 aromatic rings. The van der Waals surface area contributed by atoms with Crippen LogP contribution >= 0.6 is 0 Å². The molecule has 0 aromatic heterocycles. The van der Waals surface area contributed by atoms with E-state index >= 15 is 0 Å². The van der Waals surface area contributed by atoms with E-state index in [0.717, 1.165) is 16.7 Å². The Balaban J connectivity index is 2.33. The minimum Gasteiger partial charge on any atom is -0.466 e. The lowest BCUT2D eigenvalue weighted by molar-refractivity contribution is -0.144. The highest BCUT2D eigenvalue weighted by atomic mass is 16.5. The van der Waals surface area contributed by atoms with Crippen LogP contribution in [0.2, 0.25) is 0 Å². The standard InChI is InChI=1S/C15H18O3/c1-4-18-14(17)9-15(3)8-13(16)11-7-10(2)5-6-12(11)15/h5-7H,4,8-9H2,1-3H3/t15-/m1/s1. The van der Waals surface area contributed by atoms with E-state index in [-0.39, 0.29) is 18.2 Å². The van der Waals surface area contributed by atoms with Crippen molar-refractivity contribution < 1.29 is 14.3 Å². The predicted molar refractivity (Wildman–Crippen MR) is 68.7 cm³/mol. The number of rotatable bonds is 3. The minimum atomic E-state index is -0.410. The van der Waals surface area contributed by atoms with Crippen LogP contribution in [-0.2, 0) is 14.9 Å². The summed E-state index contributed by atoms with van der Waals surface area (Å²) in [5, 5.41) is 0. The van der Waals surface area contributed by atoms with Gasteiger partial charge in [0.1, 0.15) is 0 Å². The average Bonchev–Trinajstić information content (AvgIpc) is 2.50. The normalized spacial score (nSPS) is 21.8. The fourth-order valence-electron chi connectivity index (χ4n) is 2.65. The summed E-state index contributed by atoms with van der Waals surface area (Å²) in [7, 11) is 0. The zero-order chi connectivity index (χ0) is 13.3. The van der Waals surface area contributed by atoms with Crippen LogP contribution in [0.3, 0.4) is 0 Å². The molecule has 3 nitrogen and oxygen atoms in total. The van der Waals surface area contributed by atoms with E-state index in [4.69, 9.17) is 4.74 Å². The Labute approximate surface area is 107 Å². The molecule has 0 heterocycles. The molecule has 0 aliphatic heterocycles. The summed E-state index contributed by atoms with van der Waals surface area (Å²) in [6.07, 6.45) is 0.660. The van der Waals surface area contributed by atoms with Gasteiger partial charge < -0.3 is 4.74 Å². The summed E-state index contributed by atoms with van der Waals surface area (Å²) in [6.45, 7) is 6.10. The molecule has 0 unspecified atom stereocenters. The highest BCUT2D eigenvalue weighted by Gasteiger charge is 2.41. The number of fused-ring (bicyclic) bond motifs is 1. The Bertz CT molecular complexity index is 504. The Morgan fingerprint density at radius 1 is 1.44 bits per heavy atom. The van der Waals surface area contributed by atoms with Gasteiger partial charge in [-0.25, -0.2) is 0 Å². The molecule has 1 atom stereocenters. The monoisotopic (exact) mass is 246 g/mol. The van der Waals surface area contributed by atoms with Gasteiger partial charge in [-0.2, -0.15) is 0 Å². The molecular weight excluding hydrogens is 228 g/mol. The van der Waals surface area contributed by atoms with E-state index in [1.165, 1.54) is 0 Å². The van der Waals surface area contributed by atoms with Gasteiger partial charge in [-0.3, -0.25) is 9.59 Å². The lowest BCUT2D eigenvalue weighted by Gasteiger charge is -2.23. The largest absolute Gasteiger partial charge is 0.466 e. The van der Waals surface area contributed by atoms with Crippen LogP contribution in [0.5, 0.6) is 0 Å². The second-order valence-electron chi connectivity index (χ2n) is 5.19. The fourth-order valence-corrected chi connectivity index (χ4v) is 2.65. The Morgan fingerprint density at radius 3 is 2.83 bits per heavy atom. The van der Waals surface area contributed by atoms with Crippen LogP contribution in [-0.4, -0.2) is 18.4 Å². The maximum atomic E-state index is 12.0. The van der Waals surface area contributed by atoms with Crippen molar-refractivity contribution in [3.05, 3.63) is 34.9 Å². The zero-order valence-corrected chi connectivity index (χ0v) is 11.1. The lowest BCUT2D eigenvalue weighted by Crippen LogP contribution is -2.24. The van der Waals surface area contributed by atoms with Gasteiger partial charge in [-0.1, -0.05) is 24.6 Å². The number of carbonyl (C=O) groups excluding carboxylic acids is 2. The zero-order valence-electron chi connectivity index (χ0n) is 11.1. The maximum Gasteiger partial charge on any atom is 0.306 e. The van der Waals surface area contributed by atoms with Gasteiger partial charge in [0, 0.05) is 17.4 Å². The number of aryl methyl sites for hydroxylation is 1. The van der Waals surface area contributed by atoms with Crippen LogP contribution < -0.4 is 0 Å². The van der Waals surface area contributed by atoms with Crippen LogP contribution in [0, 0.1) is 6.92 Å². The molecule has 0 radical (unpaired) electrons. The summed E-state index contributed by atoms with van der Waals surface area (Å²) < 4.78 is 4.99. The molecular formula is C15H18O3. The molecule has 1 aromatic carbocycles. The quantitative estimate of drug-likeness (QED) is 0.770. The van der Waals surface area contributed by atoms with Gasteiger partial charge in [-0.05, 0) is 25.5 Å². The molecule has 0 spiro atoms. The Morgan fingerprint density at radius 2 is 2.17 bits per heavy atom. The van der Waals surface area contributed by atoms with Crippen LogP contribution in [0.25, 0.3) is 0 Å². The molecule has 2 rings (SSSR count). The van der Waals surface area contributed by atoms with Crippen LogP contribution in [0.15, 0.2) is 18.2 Å². The van der Waals surface area contributed by atoms with Crippen LogP contribution in [0.1, 0.15) is 48.2 Å². The third kappa shape index (κ3) is 2.17. The molecule has 96 valence electrons. The molecule has 18 heavy (non-hydrogen) atoms. The lowest BCUT2D eigenvalue weighted by atomic mass is 9.81. The molecule has 3 heteroatoms.